The number of aryl methyl sites for hydroxylation is 2. The van der Waals surface area contributed by atoms with Gasteiger partial charge in [-0.1, -0.05) is 18.2 Å². The van der Waals surface area contributed by atoms with E-state index in [9.17, 15) is 0 Å². The number of ether oxygens (including phenoxy) is 1. The zero-order chi connectivity index (χ0) is 17.4. The first-order valence-electron chi connectivity index (χ1n) is 8.79. The number of fused-ring (bicyclic) bond motifs is 1. The Labute approximate surface area is 147 Å². The van der Waals surface area contributed by atoms with E-state index >= 15 is 0 Å². The lowest BCUT2D eigenvalue weighted by atomic mass is 9.96. The molecular formula is C19H25N5O. The van der Waals surface area contributed by atoms with E-state index in [0.717, 1.165) is 37.9 Å². The largest absolute Gasteiger partial charge is 0.384 e. The minimum absolute atomic E-state index is 0.319. The fourth-order valence-corrected chi connectivity index (χ4v) is 4.08. The van der Waals surface area contributed by atoms with Crippen molar-refractivity contribution in [2.45, 2.75) is 19.4 Å². The second kappa shape index (κ2) is 6.61. The van der Waals surface area contributed by atoms with Crippen LogP contribution in [0.2, 0.25) is 0 Å². The Morgan fingerprint density at radius 1 is 1.28 bits per heavy atom. The number of benzene rings is 1. The number of hydrogen-bond acceptors (Lipinski definition) is 4. The van der Waals surface area contributed by atoms with Crippen LogP contribution < -0.4 is 0 Å². The van der Waals surface area contributed by atoms with E-state index in [-0.39, 0.29) is 0 Å². The maximum Gasteiger partial charge on any atom is 0.155 e. The number of hydrogen-bond donors (Lipinski definition) is 1. The smallest absolute Gasteiger partial charge is 0.155 e. The molecule has 1 fully saturated rings. The van der Waals surface area contributed by atoms with E-state index < -0.39 is 0 Å². The van der Waals surface area contributed by atoms with E-state index in [1.165, 1.54) is 16.5 Å². The first-order chi connectivity index (χ1) is 12.2. The van der Waals surface area contributed by atoms with Crippen LogP contribution in [0.25, 0.3) is 10.9 Å². The first-order valence-corrected chi connectivity index (χ1v) is 8.79. The Balaban J connectivity index is 1.56. The summed E-state index contributed by atoms with van der Waals surface area (Å²) in [5, 5.41) is 8.72. The summed E-state index contributed by atoms with van der Waals surface area (Å²) in [6.07, 6.45) is 2.25. The number of rotatable bonds is 5. The molecule has 1 aliphatic rings. The summed E-state index contributed by atoms with van der Waals surface area (Å²) in [6.45, 7) is 5.61. The quantitative estimate of drug-likeness (QED) is 0.776. The Bertz CT molecular complexity index is 868. The number of likely N-dealkylation sites (tertiary alicyclic amines) is 1. The average Bonchev–Trinajstić information content (AvgIpc) is 3.28. The fourth-order valence-electron chi connectivity index (χ4n) is 4.08. The zero-order valence-electron chi connectivity index (χ0n) is 15.1. The molecule has 0 radical (unpaired) electrons. The van der Waals surface area contributed by atoms with Crippen molar-refractivity contribution in [2.24, 2.45) is 13.0 Å². The molecule has 2 atom stereocenters. The van der Waals surface area contributed by atoms with Crippen LogP contribution in [-0.4, -0.2) is 51.5 Å². The predicted octanol–water partition coefficient (Wildman–Crippen LogP) is 2.47. The van der Waals surface area contributed by atoms with Crippen molar-refractivity contribution in [2.75, 3.05) is 26.8 Å². The monoisotopic (exact) mass is 339 g/mol. The molecule has 3 aromatic rings. The van der Waals surface area contributed by atoms with Crippen LogP contribution in [0.4, 0.5) is 0 Å². The number of aromatic nitrogens is 4. The zero-order valence-corrected chi connectivity index (χ0v) is 15.1. The fraction of sp³-hybridized carbons (Fsp3) is 0.474. The molecule has 0 spiro atoms. The van der Waals surface area contributed by atoms with Gasteiger partial charge in [0.05, 0.1) is 6.61 Å². The maximum absolute atomic E-state index is 5.46. The highest BCUT2D eigenvalue weighted by Gasteiger charge is 2.36. The summed E-state index contributed by atoms with van der Waals surface area (Å²) in [4.78, 5) is 7.07. The molecule has 132 valence electrons. The molecule has 1 aromatic carbocycles. The van der Waals surface area contributed by atoms with E-state index in [4.69, 9.17) is 4.74 Å². The van der Waals surface area contributed by atoms with Crippen LogP contribution in [0.1, 0.15) is 23.1 Å². The first kappa shape index (κ1) is 16.3. The van der Waals surface area contributed by atoms with Crippen molar-refractivity contribution < 1.29 is 4.74 Å². The second-order valence-electron chi connectivity index (χ2n) is 7.08. The van der Waals surface area contributed by atoms with Crippen LogP contribution in [0.15, 0.2) is 30.5 Å². The highest BCUT2D eigenvalue weighted by Crippen LogP contribution is 2.33. The molecule has 4 rings (SSSR count). The van der Waals surface area contributed by atoms with Crippen molar-refractivity contribution in [3.63, 3.8) is 0 Å². The van der Waals surface area contributed by atoms with Gasteiger partial charge in [-0.05, 0) is 18.6 Å². The van der Waals surface area contributed by atoms with E-state index in [1.807, 2.05) is 6.92 Å². The Hall–Kier alpha value is -2.18. The number of aromatic amines is 1. The van der Waals surface area contributed by atoms with Gasteiger partial charge in [-0.15, -0.1) is 0 Å². The van der Waals surface area contributed by atoms with Crippen LogP contribution in [0.3, 0.4) is 0 Å². The topological polar surface area (TPSA) is 59.0 Å². The Morgan fingerprint density at radius 3 is 2.88 bits per heavy atom. The molecule has 0 amide bonds. The van der Waals surface area contributed by atoms with E-state index in [1.54, 1.807) is 7.11 Å². The Morgan fingerprint density at radius 2 is 2.12 bits per heavy atom. The van der Waals surface area contributed by atoms with Crippen LogP contribution >= 0.6 is 0 Å². The van der Waals surface area contributed by atoms with Crippen LogP contribution in [0.5, 0.6) is 0 Å². The second-order valence-corrected chi connectivity index (χ2v) is 7.08. The molecule has 6 heteroatoms. The van der Waals surface area contributed by atoms with Crippen LogP contribution in [-0.2, 0) is 18.3 Å². The molecule has 1 N–H and O–H groups in total. The summed E-state index contributed by atoms with van der Waals surface area (Å²) in [5.74, 6) is 2.54. The standard InChI is InChI=1S/C19H25N5O/c1-13-20-19(22-21-13)17-11-24(10-15(17)12-25-3)9-14-8-23(2)18-7-5-4-6-16(14)18/h4-8,15,17H,9-12H2,1-3H3,(H,20,21,22)/t15-,17+/m0/s1. The van der Waals surface area contributed by atoms with Crippen molar-refractivity contribution >= 4 is 10.9 Å². The summed E-state index contributed by atoms with van der Waals surface area (Å²) >= 11 is 0. The van der Waals surface area contributed by atoms with Crippen molar-refractivity contribution in [1.29, 1.82) is 0 Å². The lowest BCUT2D eigenvalue weighted by molar-refractivity contribution is 0.146. The summed E-state index contributed by atoms with van der Waals surface area (Å²) in [6, 6.07) is 8.60. The normalized spacial score (nSPS) is 21.4. The van der Waals surface area contributed by atoms with Crippen molar-refractivity contribution in [3.8, 4) is 0 Å². The molecule has 25 heavy (non-hydrogen) atoms. The minimum atomic E-state index is 0.319. The van der Waals surface area contributed by atoms with Gasteiger partial charge in [-0.3, -0.25) is 10.00 Å². The number of nitrogens with one attached hydrogen (secondary N) is 1. The molecule has 2 aromatic heterocycles. The number of methoxy groups -OCH3 is 1. The van der Waals surface area contributed by atoms with E-state index in [0.29, 0.717) is 11.8 Å². The molecule has 0 unspecified atom stereocenters. The molecular weight excluding hydrogens is 314 g/mol. The third-order valence-electron chi connectivity index (χ3n) is 5.22. The number of H-pyrrole nitrogens is 1. The van der Waals surface area contributed by atoms with Gasteiger partial charge in [0.2, 0.25) is 0 Å². The summed E-state index contributed by atoms with van der Waals surface area (Å²) in [5.41, 5.74) is 2.66. The molecule has 6 nitrogen and oxygen atoms in total. The third kappa shape index (κ3) is 3.07. The lowest BCUT2D eigenvalue weighted by Crippen LogP contribution is -2.21. The highest BCUT2D eigenvalue weighted by atomic mass is 16.5. The van der Waals surface area contributed by atoms with E-state index in [2.05, 4.69) is 62.2 Å². The summed E-state index contributed by atoms with van der Waals surface area (Å²) < 4.78 is 7.67. The minimum Gasteiger partial charge on any atom is -0.384 e. The third-order valence-corrected chi connectivity index (χ3v) is 5.22. The van der Waals surface area contributed by atoms with Gasteiger partial charge in [0.25, 0.3) is 0 Å². The van der Waals surface area contributed by atoms with Gasteiger partial charge < -0.3 is 9.30 Å². The molecule has 0 bridgehead atoms. The highest BCUT2D eigenvalue weighted by molar-refractivity contribution is 5.83. The predicted molar refractivity (Wildman–Crippen MR) is 97.4 cm³/mol. The SMILES string of the molecule is COC[C@@H]1CN(Cc2cn(C)c3ccccc23)C[C@H]1c1n[nH]c(C)n1. The molecule has 3 heterocycles. The average molecular weight is 339 g/mol. The molecule has 1 saturated heterocycles. The Kier molecular flexibility index (Phi) is 4.31. The van der Waals surface area contributed by atoms with Crippen molar-refractivity contribution in [3.05, 3.63) is 47.7 Å². The summed E-state index contributed by atoms with van der Waals surface area (Å²) in [7, 11) is 3.89. The van der Waals surface area contributed by atoms with Gasteiger partial charge >= 0.3 is 0 Å². The van der Waals surface area contributed by atoms with Crippen LogP contribution in [0, 0.1) is 12.8 Å². The molecule has 0 saturated carbocycles. The van der Waals surface area contributed by atoms with Gasteiger partial charge in [0.15, 0.2) is 5.82 Å². The van der Waals surface area contributed by atoms with Gasteiger partial charge in [-0.2, -0.15) is 5.10 Å². The number of nitrogens with zero attached hydrogens (tertiary/aromatic N) is 4. The molecule has 0 aliphatic carbocycles. The number of para-hydroxylation sites is 1. The lowest BCUT2D eigenvalue weighted by Gasteiger charge is -2.15. The molecule has 1 aliphatic heterocycles. The van der Waals surface area contributed by atoms with Gasteiger partial charge in [0, 0.05) is 62.7 Å². The van der Waals surface area contributed by atoms with Gasteiger partial charge in [0.1, 0.15) is 5.82 Å². The maximum atomic E-state index is 5.46. The van der Waals surface area contributed by atoms with Crippen molar-refractivity contribution in [1.82, 2.24) is 24.6 Å². The van der Waals surface area contributed by atoms with Gasteiger partial charge in [-0.25, -0.2) is 4.98 Å².